The Labute approximate surface area is 248 Å². The molecule has 0 heterocycles. The van der Waals surface area contributed by atoms with E-state index in [1.54, 1.807) is 12.1 Å². The number of carbonyl (C=O) groups is 3. The Bertz CT molecular complexity index is 1380. The van der Waals surface area contributed by atoms with Crippen molar-refractivity contribution in [2.45, 2.75) is 13.8 Å². The van der Waals surface area contributed by atoms with Gasteiger partial charge < -0.3 is 44.5 Å². The Hall–Kier alpha value is -4.49. The van der Waals surface area contributed by atoms with Gasteiger partial charge in [-0.15, -0.1) is 0 Å². The predicted octanol–water partition coefficient (Wildman–Crippen LogP) is 2.23. The molecule has 0 atom stereocenters. The van der Waals surface area contributed by atoms with Gasteiger partial charge in [-0.1, -0.05) is 24.3 Å². The first-order valence-corrected chi connectivity index (χ1v) is 12.9. The average molecular weight is 601 g/mol. The molecular formula is C31H36O12. The molecule has 0 saturated carbocycles. The van der Waals surface area contributed by atoms with E-state index in [1.165, 1.54) is 76.6 Å². The summed E-state index contributed by atoms with van der Waals surface area (Å²) >= 11 is 0. The largest absolute Gasteiger partial charge is 0.508 e. The lowest BCUT2D eigenvalue weighted by atomic mass is 9.93. The molecule has 12 heteroatoms. The second kappa shape index (κ2) is 15.7. The van der Waals surface area contributed by atoms with Gasteiger partial charge >= 0.3 is 11.9 Å². The van der Waals surface area contributed by atoms with Gasteiger partial charge in [0, 0.05) is 6.08 Å². The quantitative estimate of drug-likeness (QED) is 0.0660. The Balaban J connectivity index is 2.18. The molecule has 43 heavy (non-hydrogen) atoms. The number of hydrogen-bond donors (Lipinski definition) is 5. The van der Waals surface area contributed by atoms with Crippen molar-refractivity contribution < 1.29 is 58.9 Å². The van der Waals surface area contributed by atoms with E-state index in [9.17, 15) is 39.9 Å². The topological polar surface area (TPSA) is 189 Å². The molecule has 5 N–H and O–H groups in total. The Morgan fingerprint density at radius 3 is 1.44 bits per heavy atom. The number of benzene rings is 2. The highest BCUT2D eigenvalue weighted by atomic mass is 16.6. The van der Waals surface area contributed by atoms with Crippen LogP contribution in [-0.4, -0.2) is 83.9 Å². The summed E-state index contributed by atoms with van der Waals surface area (Å²) in [5.41, 5.74) is -2.12. The third-order valence-electron chi connectivity index (χ3n) is 6.34. The normalized spacial score (nSPS) is 12.4. The summed E-state index contributed by atoms with van der Waals surface area (Å²) in [5, 5.41) is 48.0. The number of carbonyl (C=O) groups excluding carboxylic acids is 3. The summed E-state index contributed by atoms with van der Waals surface area (Å²) in [6.07, 6.45) is 6.25. The van der Waals surface area contributed by atoms with Crippen LogP contribution in [0.4, 0.5) is 0 Å². The zero-order valence-corrected chi connectivity index (χ0v) is 24.3. The fourth-order valence-electron chi connectivity index (χ4n) is 3.16. The molecule has 232 valence electrons. The van der Waals surface area contributed by atoms with Crippen LogP contribution in [-0.2, 0) is 14.4 Å². The molecule has 0 unspecified atom stereocenters. The van der Waals surface area contributed by atoms with E-state index in [0.29, 0.717) is 11.1 Å². The van der Waals surface area contributed by atoms with Crippen molar-refractivity contribution in [1.82, 2.24) is 0 Å². The van der Waals surface area contributed by atoms with E-state index in [0.717, 1.165) is 6.08 Å². The van der Waals surface area contributed by atoms with Gasteiger partial charge in [0.25, 0.3) is 0 Å². The third kappa shape index (κ3) is 9.25. The second-order valence-corrected chi connectivity index (χ2v) is 9.99. The minimum Gasteiger partial charge on any atom is -0.508 e. The number of allylic oxidation sites excluding steroid dienone is 3. The molecule has 0 aromatic heterocycles. The van der Waals surface area contributed by atoms with Gasteiger partial charge in [0.1, 0.15) is 16.6 Å². The minimum absolute atomic E-state index is 0.0124. The number of rotatable bonds is 15. The third-order valence-corrected chi connectivity index (χ3v) is 6.34. The van der Waals surface area contributed by atoms with Gasteiger partial charge in [-0.05, 0) is 61.4 Å². The van der Waals surface area contributed by atoms with E-state index in [2.05, 4.69) is 0 Å². The summed E-state index contributed by atoms with van der Waals surface area (Å²) in [4.78, 5) is 37.3. The minimum atomic E-state index is -1.53. The van der Waals surface area contributed by atoms with Crippen molar-refractivity contribution in [2.24, 2.45) is 10.8 Å². The fraction of sp³-hybridized carbons (Fsp3) is 0.323. The van der Waals surface area contributed by atoms with E-state index >= 15 is 0 Å². The Kier molecular flexibility index (Phi) is 12.6. The standard InChI is InChI=1S/C31H36O12/c1-30(16-32,17-33)28(38)42-26-13-20(7-11-24(26)40-3)5-9-22(36)15-23(37)10-6-21-8-12-25(41-4)27(14-21)43-29(39)31(2,18-34)19-35/h5-15,32-36H,16-19H2,1-4H3/b9-5+,10-6+,22-15-. The molecule has 2 aromatic carbocycles. The lowest BCUT2D eigenvalue weighted by molar-refractivity contribution is -0.151. The van der Waals surface area contributed by atoms with Crippen LogP contribution in [0.15, 0.2) is 60.4 Å². The summed E-state index contributed by atoms with van der Waals surface area (Å²) in [6, 6.07) is 9.09. The second-order valence-electron chi connectivity index (χ2n) is 9.99. The highest BCUT2D eigenvalue weighted by Gasteiger charge is 2.35. The van der Waals surface area contributed by atoms with E-state index < -0.39 is 55.0 Å². The van der Waals surface area contributed by atoms with E-state index in [4.69, 9.17) is 18.9 Å². The molecule has 2 rings (SSSR count). The molecule has 0 fully saturated rings. The maximum absolute atomic E-state index is 12.4. The summed E-state index contributed by atoms with van der Waals surface area (Å²) in [5.74, 6) is -2.22. The Morgan fingerprint density at radius 2 is 1.07 bits per heavy atom. The van der Waals surface area contributed by atoms with Gasteiger partial charge in [-0.3, -0.25) is 14.4 Å². The average Bonchev–Trinajstić information content (AvgIpc) is 3.01. The first kappa shape index (κ1) is 34.7. The highest BCUT2D eigenvalue weighted by Crippen LogP contribution is 2.32. The maximum Gasteiger partial charge on any atom is 0.322 e. The molecule has 2 aromatic rings. The molecular weight excluding hydrogens is 564 g/mol. The molecule has 0 radical (unpaired) electrons. The summed E-state index contributed by atoms with van der Waals surface area (Å²) in [7, 11) is 2.74. The molecule has 0 bridgehead atoms. The predicted molar refractivity (Wildman–Crippen MR) is 156 cm³/mol. The Morgan fingerprint density at radius 1 is 0.674 bits per heavy atom. The monoisotopic (exact) mass is 600 g/mol. The zero-order valence-electron chi connectivity index (χ0n) is 24.3. The number of esters is 2. The molecule has 0 aliphatic rings. The summed E-state index contributed by atoms with van der Waals surface area (Å²) < 4.78 is 21.0. The first-order valence-electron chi connectivity index (χ1n) is 12.9. The van der Waals surface area contributed by atoms with Gasteiger partial charge in [0.2, 0.25) is 0 Å². The van der Waals surface area contributed by atoms with Crippen molar-refractivity contribution in [3.8, 4) is 23.0 Å². The molecule has 0 spiro atoms. The van der Waals surface area contributed by atoms with Gasteiger partial charge in [0.05, 0.1) is 40.6 Å². The first-order chi connectivity index (χ1) is 20.4. The van der Waals surface area contributed by atoms with E-state index in [-0.39, 0.29) is 28.8 Å². The van der Waals surface area contributed by atoms with Crippen molar-refractivity contribution >= 4 is 29.9 Å². The lowest BCUT2D eigenvalue weighted by Crippen LogP contribution is -2.38. The van der Waals surface area contributed by atoms with Crippen molar-refractivity contribution in [3.05, 3.63) is 71.5 Å². The van der Waals surface area contributed by atoms with Gasteiger partial charge in [-0.25, -0.2) is 0 Å². The van der Waals surface area contributed by atoms with Crippen LogP contribution in [0.1, 0.15) is 25.0 Å². The van der Waals surface area contributed by atoms with Crippen LogP contribution in [0.5, 0.6) is 23.0 Å². The van der Waals surface area contributed by atoms with Crippen LogP contribution in [0.2, 0.25) is 0 Å². The fourth-order valence-corrected chi connectivity index (χ4v) is 3.16. The molecule has 0 aliphatic heterocycles. The van der Waals surface area contributed by atoms with Crippen LogP contribution >= 0.6 is 0 Å². The molecule has 12 nitrogen and oxygen atoms in total. The summed E-state index contributed by atoms with van der Waals surface area (Å²) in [6.45, 7) is 0.150. The van der Waals surface area contributed by atoms with E-state index in [1.807, 2.05) is 0 Å². The van der Waals surface area contributed by atoms with Crippen molar-refractivity contribution in [2.75, 3.05) is 40.6 Å². The zero-order chi connectivity index (χ0) is 32.2. The SMILES string of the molecule is COc1ccc(/C=C/C(=O)/C=C(O)/C=C/c2ccc(OC)c(OC(=O)C(C)(CO)CO)c2)cc1OC(=O)C(C)(CO)CO. The maximum atomic E-state index is 12.4. The van der Waals surface area contributed by atoms with Crippen LogP contribution in [0, 0.1) is 10.8 Å². The number of methoxy groups -OCH3 is 2. The molecule has 0 saturated heterocycles. The number of ketones is 1. The number of hydrogen-bond acceptors (Lipinski definition) is 12. The van der Waals surface area contributed by atoms with Gasteiger partial charge in [0.15, 0.2) is 28.8 Å². The number of ether oxygens (including phenoxy) is 4. The molecule has 0 aliphatic carbocycles. The highest BCUT2D eigenvalue weighted by molar-refractivity contribution is 6.02. The van der Waals surface area contributed by atoms with Crippen molar-refractivity contribution in [3.63, 3.8) is 0 Å². The molecule has 0 amide bonds. The van der Waals surface area contributed by atoms with Gasteiger partial charge in [-0.2, -0.15) is 0 Å². The van der Waals surface area contributed by atoms with Crippen LogP contribution < -0.4 is 18.9 Å². The van der Waals surface area contributed by atoms with Crippen LogP contribution in [0.3, 0.4) is 0 Å². The van der Waals surface area contributed by atoms with Crippen LogP contribution in [0.25, 0.3) is 12.2 Å². The smallest absolute Gasteiger partial charge is 0.322 e. The lowest BCUT2D eigenvalue weighted by Gasteiger charge is -2.22. The number of aliphatic hydroxyl groups is 5. The number of aliphatic hydroxyl groups excluding tert-OH is 5. The van der Waals surface area contributed by atoms with Crippen molar-refractivity contribution in [1.29, 1.82) is 0 Å².